The number of nitrogens with zero attached hydrogens (tertiary/aromatic N) is 4. The van der Waals surface area contributed by atoms with E-state index in [1.165, 1.54) is 16.5 Å². The molecule has 0 aliphatic carbocycles. The number of aromatic nitrogens is 2. The third-order valence-corrected chi connectivity index (χ3v) is 8.07. The predicted molar refractivity (Wildman–Crippen MR) is 165 cm³/mol. The second-order valence-corrected chi connectivity index (χ2v) is 11.8. The van der Waals surface area contributed by atoms with Crippen molar-refractivity contribution < 1.29 is 9.90 Å². The summed E-state index contributed by atoms with van der Waals surface area (Å²) in [6, 6.07) is 15.9. The van der Waals surface area contributed by atoms with Crippen LogP contribution in [0.1, 0.15) is 37.7 Å². The molecule has 1 amide bonds. The van der Waals surface area contributed by atoms with Crippen LogP contribution in [0.15, 0.2) is 59.7 Å². The Balaban J connectivity index is 1.35. The average Bonchev–Trinajstić information content (AvgIpc) is 2.95. The van der Waals surface area contributed by atoms with Crippen molar-refractivity contribution in [2.45, 2.75) is 50.7 Å². The maximum Gasteiger partial charge on any atom is 0.261 e. The van der Waals surface area contributed by atoms with Gasteiger partial charge in [-0.05, 0) is 89.5 Å². The molecular weight excluding hydrogens is 516 g/mol. The minimum Gasteiger partial charge on any atom is -0.388 e. The quantitative estimate of drug-likeness (QED) is 0.260. The molecule has 1 fully saturated rings. The number of amides is 1. The molecule has 1 aliphatic rings. The molecule has 4 rings (SSSR count). The van der Waals surface area contributed by atoms with Crippen LogP contribution in [0.2, 0.25) is 0 Å². The maximum absolute atomic E-state index is 13.3. The van der Waals surface area contributed by atoms with Gasteiger partial charge in [0.05, 0.1) is 29.4 Å². The molecule has 9 heteroatoms. The minimum atomic E-state index is -0.947. The van der Waals surface area contributed by atoms with Crippen molar-refractivity contribution in [3.05, 3.63) is 70.8 Å². The molecular formula is C32H46N6O3. The van der Waals surface area contributed by atoms with Crippen LogP contribution in [0.25, 0.3) is 10.9 Å². The molecule has 0 radical (unpaired) electrons. The number of rotatable bonds is 14. The molecule has 1 aromatic heterocycles. The van der Waals surface area contributed by atoms with Gasteiger partial charge in [-0.2, -0.15) is 0 Å². The summed E-state index contributed by atoms with van der Waals surface area (Å²) in [6.45, 7) is 4.53. The van der Waals surface area contributed by atoms with E-state index < -0.39 is 5.60 Å². The molecule has 0 bridgehead atoms. The average molecular weight is 563 g/mol. The SMILES string of the molecule is CNCCCC(Cc1ccccc1)CN1CCC(O)(Cn2cnc3cc(NC(=O)CCN(C)C)ccc3c2=O)CC1. The number of nitrogens with one attached hydrogen (secondary N) is 2. The van der Waals surface area contributed by atoms with Crippen molar-refractivity contribution in [3.63, 3.8) is 0 Å². The Morgan fingerprint density at radius 3 is 2.61 bits per heavy atom. The summed E-state index contributed by atoms with van der Waals surface area (Å²) in [5.74, 6) is 0.483. The molecule has 1 aliphatic heterocycles. The fourth-order valence-electron chi connectivity index (χ4n) is 5.66. The van der Waals surface area contributed by atoms with Crippen LogP contribution in [0.5, 0.6) is 0 Å². The first kappa shape index (κ1) is 30.8. The van der Waals surface area contributed by atoms with E-state index in [2.05, 4.69) is 50.8 Å². The van der Waals surface area contributed by atoms with Crippen LogP contribution in [0, 0.1) is 5.92 Å². The van der Waals surface area contributed by atoms with E-state index in [-0.39, 0.29) is 18.0 Å². The van der Waals surface area contributed by atoms with Crippen LogP contribution in [0.3, 0.4) is 0 Å². The number of likely N-dealkylation sites (tertiary alicyclic amines) is 1. The van der Waals surface area contributed by atoms with E-state index in [9.17, 15) is 14.7 Å². The molecule has 1 atom stereocenters. The fourth-order valence-corrected chi connectivity index (χ4v) is 5.66. The fraction of sp³-hybridized carbons (Fsp3) is 0.531. The van der Waals surface area contributed by atoms with Crippen molar-refractivity contribution in [3.8, 4) is 0 Å². The van der Waals surface area contributed by atoms with Gasteiger partial charge in [-0.3, -0.25) is 14.2 Å². The molecule has 2 aromatic carbocycles. The third kappa shape index (κ3) is 9.19. The summed E-state index contributed by atoms with van der Waals surface area (Å²) >= 11 is 0. The molecule has 2 heterocycles. The minimum absolute atomic E-state index is 0.0793. The lowest BCUT2D eigenvalue weighted by Gasteiger charge is -2.39. The highest BCUT2D eigenvalue weighted by atomic mass is 16.3. The number of piperidine rings is 1. The molecule has 222 valence electrons. The Morgan fingerprint density at radius 2 is 1.90 bits per heavy atom. The zero-order valence-electron chi connectivity index (χ0n) is 24.8. The smallest absolute Gasteiger partial charge is 0.261 e. The molecule has 9 nitrogen and oxygen atoms in total. The van der Waals surface area contributed by atoms with Gasteiger partial charge in [0.1, 0.15) is 0 Å². The third-order valence-electron chi connectivity index (χ3n) is 8.07. The van der Waals surface area contributed by atoms with Gasteiger partial charge < -0.3 is 25.5 Å². The van der Waals surface area contributed by atoms with Crippen LogP contribution in [-0.4, -0.2) is 89.8 Å². The molecule has 3 aromatic rings. The first-order valence-electron chi connectivity index (χ1n) is 14.8. The summed E-state index contributed by atoms with van der Waals surface area (Å²) in [5, 5.41) is 18.1. The normalized spacial score (nSPS) is 16.2. The number of benzene rings is 2. The van der Waals surface area contributed by atoms with Crippen LogP contribution in [-0.2, 0) is 17.8 Å². The number of hydrogen-bond acceptors (Lipinski definition) is 7. The molecule has 0 spiro atoms. The Labute approximate surface area is 243 Å². The van der Waals surface area contributed by atoms with Crippen molar-refractivity contribution in [1.82, 2.24) is 24.7 Å². The second-order valence-electron chi connectivity index (χ2n) is 11.8. The first-order valence-corrected chi connectivity index (χ1v) is 14.8. The van der Waals surface area contributed by atoms with Gasteiger partial charge in [0.25, 0.3) is 5.56 Å². The topological polar surface area (TPSA) is 103 Å². The standard InChI is InChI=1S/C32H46N6O3/c1-33-16-7-10-26(20-25-8-5-4-6-9-25)22-37-18-14-32(41,15-19-37)23-38-24-34-29-21-27(11-12-28(29)31(38)40)35-30(39)13-17-36(2)3/h4-6,8-9,11-12,21,24,26,33,41H,7,10,13-20,22-23H2,1-3H3,(H,35,39). The Hall–Kier alpha value is -3.11. The number of anilines is 1. The molecule has 41 heavy (non-hydrogen) atoms. The van der Waals surface area contributed by atoms with E-state index >= 15 is 0 Å². The molecule has 1 saturated heterocycles. The summed E-state index contributed by atoms with van der Waals surface area (Å²) in [7, 11) is 5.85. The predicted octanol–water partition coefficient (Wildman–Crippen LogP) is 2.97. The van der Waals surface area contributed by atoms with Crippen molar-refractivity contribution in [2.24, 2.45) is 5.92 Å². The van der Waals surface area contributed by atoms with Crippen molar-refractivity contribution in [1.29, 1.82) is 0 Å². The number of fused-ring (bicyclic) bond motifs is 1. The lowest BCUT2D eigenvalue weighted by Crippen LogP contribution is -2.49. The van der Waals surface area contributed by atoms with E-state index in [1.54, 1.807) is 18.2 Å². The lowest BCUT2D eigenvalue weighted by molar-refractivity contribution is -0.116. The van der Waals surface area contributed by atoms with Gasteiger partial charge >= 0.3 is 0 Å². The second kappa shape index (κ2) is 14.7. The number of hydrogen-bond donors (Lipinski definition) is 3. The summed E-state index contributed by atoms with van der Waals surface area (Å²) < 4.78 is 1.53. The number of carbonyl (C=O) groups excluding carboxylic acids is 1. The molecule has 1 unspecified atom stereocenters. The van der Waals surface area contributed by atoms with Crippen molar-refractivity contribution in [2.75, 3.05) is 59.2 Å². The highest BCUT2D eigenvalue weighted by molar-refractivity contribution is 5.93. The summed E-state index contributed by atoms with van der Waals surface area (Å²) in [5.41, 5.74) is 1.40. The van der Waals surface area contributed by atoms with E-state index in [0.717, 1.165) is 45.4 Å². The van der Waals surface area contributed by atoms with Gasteiger partial charge in [-0.15, -0.1) is 0 Å². The largest absolute Gasteiger partial charge is 0.388 e. The monoisotopic (exact) mass is 562 g/mol. The molecule has 0 saturated carbocycles. The highest BCUT2D eigenvalue weighted by Gasteiger charge is 2.33. The van der Waals surface area contributed by atoms with Crippen molar-refractivity contribution >= 4 is 22.5 Å². The van der Waals surface area contributed by atoms with Gasteiger partial charge in [0.2, 0.25) is 5.91 Å². The maximum atomic E-state index is 13.3. The van der Waals surface area contributed by atoms with E-state index in [0.29, 0.717) is 48.3 Å². The zero-order valence-corrected chi connectivity index (χ0v) is 24.8. The van der Waals surface area contributed by atoms with E-state index in [1.807, 2.05) is 26.0 Å². The Bertz CT molecular complexity index is 1320. The van der Waals surface area contributed by atoms with E-state index in [4.69, 9.17) is 0 Å². The zero-order chi connectivity index (χ0) is 29.2. The molecule has 3 N–H and O–H groups in total. The first-order chi connectivity index (χ1) is 19.7. The van der Waals surface area contributed by atoms with Gasteiger partial charge in [0, 0.05) is 38.3 Å². The summed E-state index contributed by atoms with van der Waals surface area (Å²) in [4.78, 5) is 34.4. The van der Waals surface area contributed by atoms with Crippen LogP contribution < -0.4 is 16.2 Å². The van der Waals surface area contributed by atoms with Gasteiger partial charge in [-0.1, -0.05) is 30.3 Å². The number of carbonyl (C=O) groups is 1. The number of aliphatic hydroxyl groups is 1. The summed E-state index contributed by atoms with van der Waals surface area (Å²) in [6.07, 6.45) is 6.51. The van der Waals surface area contributed by atoms with Crippen LogP contribution in [0.4, 0.5) is 5.69 Å². The Morgan fingerprint density at radius 1 is 1.15 bits per heavy atom. The van der Waals surface area contributed by atoms with Gasteiger partial charge in [-0.25, -0.2) is 4.98 Å². The Kier molecular flexibility index (Phi) is 11.0. The lowest BCUT2D eigenvalue weighted by atomic mass is 9.89. The van der Waals surface area contributed by atoms with Gasteiger partial charge in [0.15, 0.2) is 0 Å². The van der Waals surface area contributed by atoms with Crippen LogP contribution >= 0.6 is 0 Å². The highest BCUT2D eigenvalue weighted by Crippen LogP contribution is 2.26.